The van der Waals surface area contributed by atoms with Crippen molar-refractivity contribution < 1.29 is 7.48 Å². The van der Waals surface area contributed by atoms with E-state index in [4.69, 9.17) is 19.1 Å². The Labute approximate surface area is 106 Å². The van der Waals surface area contributed by atoms with Crippen molar-refractivity contribution in [2.24, 2.45) is 5.92 Å². The lowest BCUT2D eigenvalue weighted by atomic mass is 9.87. The monoisotopic (exact) mass is 240 g/mol. The smallest absolute Gasteiger partial charge is 0.138 e. The molecule has 0 aromatic heterocycles. The average molecular weight is 241 g/mol. The second-order valence-corrected chi connectivity index (χ2v) is 5.80. The summed E-state index contributed by atoms with van der Waals surface area (Å²) in [6, 6.07) is 5.59. The first-order valence-electron chi connectivity index (χ1n) is 6.69. The lowest BCUT2D eigenvalue weighted by Gasteiger charge is -2.20. The van der Waals surface area contributed by atoms with Crippen LogP contribution in [0.2, 0.25) is 5.02 Å². The maximum atomic E-state index is 7.89. The second-order valence-electron chi connectivity index (χ2n) is 5.39. The lowest BCUT2D eigenvalue weighted by molar-refractivity contribution is 0.299. The van der Waals surface area contributed by atoms with Crippen molar-refractivity contribution in [3.05, 3.63) is 28.8 Å². The molecule has 0 unspecified atom stereocenters. The molecule has 1 aliphatic rings. The van der Waals surface area contributed by atoms with Gasteiger partial charge in [-0.2, -0.15) is 0 Å². The Morgan fingerprint density at radius 3 is 2.69 bits per heavy atom. The molecule has 1 fully saturated rings. The van der Waals surface area contributed by atoms with Crippen LogP contribution in [0.4, 0.5) is 0 Å². The summed E-state index contributed by atoms with van der Waals surface area (Å²) < 4.78 is 21.3. The number of halogens is 1. The molecule has 2 heteroatoms. The molecule has 1 aromatic carbocycles. The van der Waals surface area contributed by atoms with Gasteiger partial charge in [0.15, 0.2) is 0 Å². The molecule has 0 saturated heterocycles. The molecule has 0 atom stereocenters. The summed E-state index contributed by atoms with van der Waals surface area (Å²) in [5, 5.41) is 0.465. The van der Waals surface area contributed by atoms with E-state index in [1.54, 1.807) is 6.07 Å². The number of ether oxygens (including phenoxy) is 1. The molecule has 0 amide bonds. The molecule has 2 rings (SSSR count). The zero-order valence-electron chi connectivity index (χ0n) is 12.0. The minimum absolute atomic E-state index is 0.00497. The molecule has 0 spiro atoms. The fourth-order valence-corrected chi connectivity index (χ4v) is 1.55. The predicted octanol–water partition coefficient (Wildman–Crippen LogP) is 4.43. The van der Waals surface area contributed by atoms with E-state index in [1.807, 2.05) is 12.1 Å². The molecule has 0 radical (unpaired) electrons. The summed E-state index contributed by atoms with van der Waals surface area (Å²) >= 11 is 6.09. The first-order chi connectivity index (χ1) is 8.20. The average Bonchev–Trinajstić information content (AvgIpc) is 3.02. The summed E-state index contributed by atoms with van der Waals surface area (Å²) in [4.78, 5) is 0. The van der Waals surface area contributed by atoms with Crippen LogP contribution in [0.5, 0.6) is 5.75 Å². The molecule has 0 N–H and O–H groups in total. The van der Waals surface area contributed by atoms with Gasteiger partial charge in [0.25, 0.3) is 0 Å². The zero-order valence-corrected chi connectivity index (χ0v) is 10.8. The standard InChI is InChI=1S/C14H19ClO/c1-14(2,3)11-6-7-12(15)13(8-11)16-9-10-4-5-10/h6-8,10H,4-5,9H2,1-3H3/i9D2. The van der Waals surface area contributed by atoms with Crippen LogP contribution in [-0.2, 0) is 5.41 Å². The molecule has 1 aliphatic carbocycles. The Kier molecular flexibility index (Phi) is 2.51. The van der Waals surface area contributed by atoms with Crippen molar-refractivity contribution >= 4 is 11.6 Å². The van der Waals surface area contributed by atoms with Crippen molar-refractivity contribution in [1.29, 1.82) is 0 Å². The SMILES string of the molecule is [2H]C([2H])(Oc1cc(C(C)(C)C)ccc1Cl)C1CC1. The van der Waals surface area contributed by atoms with Crippen molar-refractivity contribution in [3.63, 3.8) is 0 Å². The van der Waals surface area contributed by atoms with Crippen LogP contribution in [-0.4, -0.2) is 6.56 Å². The van der Waals surface area contributed by atoms with Crippen LogP contribution in [0, 0.1) is 5.92 Å². The van der Waals surface area contributed by atoms with Gasteiger partial charge in [-0.15, -0.1) is 0 Å². The largest absolute Gasteiger partial charge is 0.492 e. The van der Waals surface area contributed by atoms with Gasteiger partial charge in [0.05, 0.1) is 14.3 Å². The van der Waals surface area contributed by atoms with Gasteiger partial charge in [0, 0.05) is 0 Å². The Hall–Kier alpha value is -0.690. The van der Waals surface area contributed by atoms with Crippen LogP contribution in [0.15, 0.2) is 18.2 Å². The van der Waals surface area contributed by atoms with Gasteiger partial charge < -0.3 is 4.74 Å². The lowest BCUT2D eigenvalue weighted by Crippen LogP contribution is -2.11. The maximum Gasteiger partial charge on any atom is 0.138 e. The second kappa shape index (κ2) is 4.29. The summed E-state index contributed by atoms with van der Waals surface area (Å²) in [7, 11) is 0. The highest BCUT2D eigenvalue weighted by molar-refractivity contribution is 6.32. The van der Waals surface area contributed by atoms with Gasteiger partial charge in [-0.05, 0) is 41.9 Å². The van der Waals surface area contributed by atoms with Crippen LogP contribution < -0.4 is 4.74 Å². The van der Waals surface area contributed by atoms with Gasteiger partial charge in [0.2, 0.25) is 0 Å². The van der Waals surface area contributed by atoms with Crippen molar-refractivity contribution in [1.82, 2.24) is 0 Å². The molecule has 1 aromatic rings. The van der Waals surface area contributed by atoms with E-state index in [0.29, 0.717) is 10.8 Å². The fourth-order valence-electron chi connectivity index (χ4n) is 1.40. The van der Waals surface area contributed by atoms with Gasteiger partial charge in [-0.1, -0.05) is 38.4 Å². The number of hydrogen-bond acceptors (Lipinski definition) is 1. The minimum atomic E-state index is -1.61. The molecular weight excluding hydrogens is 220 g/mol. The van der Waals surface area contributed by atoms with E-state index in [2.05, 4.69) is 20.8 Å². The van der Waals surface area contributed by atoms with Crippen LogP contribution >= 0.6 is 11.6 Å². The van der Waals surface area contributed by atoms with Crippen LogP contribution in [0.3, 0.4) is 0 Å². The van der Waals surface area contributed by atoms with Gasteiger partial charge in [0.1, 0.15) is 5.75 Å². The number of benzene rings is 1. The molecule has 0 bridgehead atoms. The van der Waals surface area contributed by atoms with E-state index >= 15 is 0 Å². The van der Waals surface area contributed by atoms with Crippen molar-refractivity contribution in [2.75, 3.05) is 6.56 Å². The summed E-state index contributed by atoms with van der Waals surface area (Å²) in [5.74, 6) is 0.452. The highest BCUT2D eigenvalue weighted by atomic mass is 35.5. The Morgan fingerprint density at radius 2 is 2.12 bits per heavy atom. The van der Waals surface area contributed by atoms with Gasteiger partial charge in [-0.25, -0.2) is 0 Å². The highest BCUT2D eigenvalue weighted by Crippen LogP contribution is 2.34. The Morgan fingerprint density at radius 1 is 1.44 bits per heavy atom. The van der Waals surface area contributed by atoms with E-state index in [0.717, 1.165) is 18.4 Å². The molecular formula is C14H19ClO. The summed E-state index contributed by atoms with van der Waals surface area (Å²) in [5.41, 5.74) is 1.09. The Balaban J connectivity index is 2.26. The summed E-state index contributed by atoms with van der Waals surface area (Å²) in [6.45, 7) is 4.71. The molecule has 1 nitrogen and oxygen atoms in total. The van der Waals surface area contributed by atoms with Gasteiger partial charge in [-0.3, -0.25) is 0 Å². The maximum absolute atomic E-state index is 7.89. The molecule has 0 aliphatic heterocycles. The molecule has 88 valence electrons. The van der Waals surface area contributed by atoms with E-state index in [1.165, 1.54) is 0 Å². The number of hydrogen-bond donors (Lipinski definition) is 0. The molecule has 0 heterocycles. The topological polar surface area (TPSA) is 9.23 Å². The third-order valence-corrected chi connectivity index (χ3v) is 3.02. The first-order valence-corrected chi connectivity index (χ1v) is 6.07. The number of rotatable bonds is 3. The minimum Gasteiger partial charge on any atom is -0.492 e. The third kappa shape index (κ3) is 2.91. The molecule has 1 saturated carbocycles. The molecule has 16 heavy (non-hydrogen) atoms. The fraction of sp³-hybridized carbons (Fsp3) is 0.571. The highest BCUT2D eigenvalue weighted by Gasteiger charge is 2.23. The van der Waals surface area contributed by atoms with Crippen molar-refractivity contribution in [2.45, 2.75) is 39.0 Å². The quantitative estimate of drug-likeness (QED) is 0.760. The zero-order chi connectivity index (χ0) is 13.6. The Bertz CT molecular complexity index is 448. The third-order valence-electron chi connectivity index (χ3n) is 2.71. The first kappa shape index (κ1) is 9.35. The normalized spacial score (nSPS) is 19.0. The van der Waals surface area contributed by atoms with Crippen LogP contribution in [0.25, 0.3) is 0 Å². The van der Waals surface area contributed by atoms with Crippen molar-refractivity contribution in [3.8, 4) is 5.75 Å². The van der Waals surface area contributed by atoms with E-state index in [9.17, 15) is 0 Å². The summed E-state index contributed by atoms with van der Waals surface area (Å²) in [6.07, 6.45) is 1.78. The van der Waals surface area contributed by atoms with Gasteiger partial charge >= 0.3 is 0 Å². The van der Waals surface area contributed by atoms with E-state index in [-0.39, 0.29) is 11.3 Å². The predicted molar refractivity (Wildman–Crippen MR) is 68.4 cm³/mol. The van der Waals surface area contributed by atoms with E-state index < -0.39 is 6.56 Å². The van der Waals surface area contributed by atoms with Crippen LogP contribution in [0.1, 0.15) is 41.9 Å².